The smallest absolute Gasteiger partial charge is 0.143 e. The summed E-state index contributed by atoms with van der Waals surface area (Å²) in [6.07, 6.45) is 5.68. The van der Waals surface area contributed by atoms with Crippen LogP contribution in [0.1, 0.15) is 19.3 Å². The van der Waals surface area contributed by atoms with E-state index in [-0.39, 0.29) is 0 Å². The Morgan fingerprint density at radius 1 is 1.54 bits per heavy atom. The number of nitrogens with one attached hydrogen (secondary N) is 1. The molecule has 70 valence electrons. The third kappa shape index (κ3) is 1.89. The van der Waals surface area contributed by atoms with Crippen LogP contribution >= 0.6 is 0 Å². The van der Waals surface area contributed by atoms with Crippen molar-refractivity contribution in [3.63, 3.8) is 0 Å². The second-order valence-corrected chi connectivity index (χ2v) is 3.19. The van der Waals surface area contributed by atoms with Gasteiger partial charge in [0.1, 0.15) is 11.6 Å². The second kappa shape index (κ2) is 3.62. The number of nitrogens with two attached hydrogens (primary N) is 1. The molecule has 1 aromatic heterocycles. The van der Waals surface area contributed by atoms with Crippen LogP contribution in [-0.2, 0) is 0 Å². The highest BCUT2D eigenvalue weighted by molar-refractivity contribution is 5.39. The van der Waals surface area contributed by atoms with Gasteiger partial charge in [0.05, 0.1) is 6.10 Å². The Labute approximate surface area is 77.1 Å². The molecule has 2 rings (SSSR count). The first-order chi connectivity index (χ1) is 6.38. The minimum Gasteiger partial charge on any atom is -0.490 e. The molecule has 1 aliphatic rings. The van der Waals surface area contributed by atoms with Crippen molar-refractivity contribution >= 4 is 5.82 Å². The molecule has 0 radical (unpaired) electrons. The molecule has 4 nitrogen and oxygen atoms in total. The van der Waals surface area contributed by atoms with Crippen LogP contribution in [0.15, 0.2) is 18.3 Å². The van der Waals surface area contributed by atoms with Crippen LogP contribution in [0.4, 0.5) is 5.82 Å². The molecule has 1 aromatic rings. The van der Waals surface area contributed by atoms with E-state index in [1.54, 1.807) is 12.3 Å². The van der Waals surface area contributed by atoms with Crippen LogP contribution < -0.4 is 16.0 Å². The molecule has 0 atom stereocenters. The number of nitrogens with zero attached hydrogens (tertiary/aromatic N) is 1. The standard InChI is InChI=1S/C9H13N3O/c10-12-9-6-8(4-5-11-9)13-7-2-1-3-7/h4-7H,1-3,10H2,(H,11,12). The Morgan fingerprint density at radius 2 is 2.38 bits per heavy atom. The predicted molar refractivity (Wildman–Crippen MR) is 50.3 cm³/mol. The van der Waals surface area contributed by atoms with Gasteiger partial charge in [-0.3, -0.25) is 0 Å². The van der Waals surface area contributed by atoms with E-state index >= 15 is 0 Å². The molecule has 13 heavy (non-hydrogen) atoms. The maximum atomic E-state index is 5.66. The van der Waals surface area contributed by atoms with Gasteiger partial charge in [0.2, 0.25) is 0 Å². The lowest BCUT2D eigenvalue weighted by atomic mass is 9.96. The first kappa shape index (κ1) is 8.31. The fraction of sp³-hybridized carbons (Fsp3) is 0.444. The SMILES string of the molecule is NNc1cc(OC2CCC2)ccn1. The van der Waals surface area contributed by atoms with Crippen molar-refractivity contribution in [1.82, 2.24) is 4.98 Å². The van der Waals surface area contributed by atoms with E-state index in [1.165, 1.54) is 6.42 Å². The van der Waals surface area contributed by atoms with Crippen molar-refractivity contribution in [2.75, 3.05) is 5.43 Å². The minimum atomic E-state index is 0.396. The normalized spacial score (nSPS) is 16.4. The molecule has 1 fully saturated rings. The Hall–Kier alpha value is -1.29. The van der Waals surface area contributed by atoms with Gasteiger partial charge in [0, 0.05) is 12.3 Å². The highest BCUT2D eigenvalue weighted by Crippen LogP contribution is 2.25. The molecule has 1 saturated carbocycles. The third-order valence-electron chi connectivity index (χ3n) is 2.23. The minimum absolute atomic E-state index is 0.396. The molecule has 0 saturated heterocycles. The Morgan fingerprint density at radius 3 is 3.00 bits per heavy atom. The molecular weight excluding hydrogens is 166 g/mol. The van der Waals surface area contributed by atoms with Gasteiger partial charge >= 0.3 is 0 Å². The number of hydrazine groups is 1. The summed E-state index contributed by atoms with van der Waals surface area (Å²) in [6, 6.07) is 3.65. The molecule has 0 aliphatic heterocycles. The lowest BCUT2D eigenvalue weighted by Gasteiger charge is -2.26. The van der Waals surface area contributed by atoms with Crippen LogP contribution in [0.2, 0.25) is 0 Å². The molecule has 3 N–H and O–H groups in total. The Kier molecular flexibility index (Phi) is 2.31. The summed E-state index contributed by atoms with van der Waals surface area (Å²) in [5, 5.41) is 0. The monoisotopic (exact) mass is 179 g/mol. The van der Waals surface area contributed by atoms with Gasteiger partial charge in [-0.15, -0.1) is 0 Å². The van der Waals surface area contributed by atoms with E-state index in [4.69, 9.17) is 10.6 Å². The fourth-order valence-corrected chi connectivity index (χ4v) is 1.24. The highest BCUT2D eigenvalue weighted by Gasteiger charge is 2.18. The second-order valence-electron chi connectivity index (χ2n) is 3.19. The molecule has 1 heterocycles. The Bertz CT molecular complexity index is 286. The summed E-state index contributed by atoms with van der Waals surface area (Å²) in [5.74, 6) is 6.70. The van der Waals surface area contributed by atoms with Gasteiger partial charge in [-0.05, 0) is 25.3 Å². The third-order valence-corrected chi connectivity index (χ3v) is 2.23. The van der Waals surface area contributed by atoms with Crippen LogP contribution in [-0.4, -0.2) is 11.1 Å². The number of hydrogen-bond acceptors (Lipinski definition) is 4. The number of rotatable bonds is 3. The van der Waals surface area contributed by atoms with Gasteiger partial charge in [0.25, 0.3) is 0 Å². The van der Waals surface area contributed by atoms with E-state index in [2.05, 4.69) is 10.4 Å². The highest BCUT2D eigenvalue weighted by atomic mass is 16.5. The average molecular weight is 179 g/mol. The summed E-state index contributed by atoms with van der Waals surface area (Å²) >= 11 is 0. The lowest BCUT2D eigenvalue weighted by molar-refractivity contribution is 0.120. The van der Waals surface area contributed by atoms with Gasteiger partial charge in [-0.25, -0.2) is 10.8 Å². The summed E-state index contributed by atoms with van der Waals surface area (Å²) in [5.41, 5.74) is 2.49. The maximum Gasteiger partial charge on any atom is 0.143 e. The lowest BCUT2D eigenvalue weighted by Crippen LogP contribution is -2.24. The molecule has 0 unspecified atom stereocenters. The van der Waals surface area contributed by atoms with Crippen molar-refractivity contribution in [3.05, 3.63) is 18.3 Å². The van der Waals surface area contributed by atoms with Crippen molar-refractivity contribution in [1.29, 1.82) is 0 Å². The molecule has 4 heteroatoms. The van der Waals surface area contributed by atoms with E-state index < -0.39 is 0 Å². The van der Waals surface area contributed by atoms with Gasteiger partial charge in [-0.2, -0.15) is 0 Å². The number of anilines is 1. The van der Waals surface area contributed by atoms with Crippen molar-refractivity contribution < 1.29 is 4.74 Å². The largest absolute Gasteiger partial charge is 0.490 e. The molecule has 0 bridgehead atoms. The molecular formula is C9H13N3O. The number of aromatic nitrogens is 1. The number of nitrogen functional groups attached to an aromatic ring is 1. The zero-order valence-corrected chi connectivity index (χ0v) is 7.36. The van der Waals surface area contributed by atoms with E-state index in [1.807, 2.05) is 6.07 Å². The Balaban J connectivity index is 2.01. The van der Waals surface area contributed by atoms with Gasteiger partial charge in [0.15, 0.2) is 0 Å². The first-order valence-electron chi connectivity index (χ1n) is 4.48. The fourth-order valence-electron chi connectivity index (χ4n) is 1.24. The van der Waals surface area contributed by atoms with Crippen LogP contribution in [0.5, 0.6) is 5.75 Å². The number of ether oxygens (including phenoxy) is 1. The summed E-state index contributed by atoms with van der Waals surface area (Å²) in [6.45, 7) is 0. The molecule has 0 aromatic carbocycles. The summed E-state index contributed by atoms with van der Waals surface area (Å²) in [4.78, 5) is 3.99. The predicted octanol–water partition coefficient (Wildman–Crippen LogP) is 1.30. The molecule has 1 aliphatic carbocycles. The van der Waals surface area contributed by atoms with Gasteiger partial charge in [-0.1, -0.05) is 0 Å². The maximum absolute atomic E-state index is 5.66. The van der Waals surface area contributed by atoms with E-state index in [9.17, 15) is 0 Å². The van der Waals surface area contributed by atoms with Crippen molar-refractivity contribution in [3.8, 4) is 5.75 Å². The quantitative estimate of drug-likeness (QED) is 0.542. The topological polar surface area (TPSA) is 60.2 Å². The zero-order valence-electron chi connectivity index (χ0n) is 7.36. The molecule has 0 spiro atoms. The molecule has 0 amide bonds. The van der Waals surface area contributed by atoms with Crippen LogP contribution in [0.25, 0.3) is 0 Å². The summed E-state index contributed by atoms with van der Waals surface area (Å²) in [7, 11) is 0. The van der Waals surface area contributed by atoms with Crippen molar-refractivity contribution in [2.45, 2.75) is 25.4 Å². The van der Waals surface area contributed by atoms with E-state index in [0.717, 1.165) is 18.6 Å². The summed E-state index contributed by atoms with van der Waals surface area (Å²) < 4.78 is 5.66. The first-order valence-corrected chi connectivity index (χ1v) is 4.48. The average Bonchev–Trinajstić information content (AvgIpc) is 2.12. The van der Waals surface area contributed by atoms with Crippen molar-refractivity contribution in [2.24, 2.45) is 5.84 Å². The number of hydrogen-bond donors (Lipinski definition) is 2. The number of pyridine rings is 1. The zero-order chi connectivity index (χ0) is 9.10. The van der Waals surface area contributed by atoms with Gasteiger partial charge < -0.3 is 10.2 Å². The van der Waals surface area contributed by atoms with E-state index in [0.29, 0.717) is 11.9 Å². The van der Waals surface area contributed by atoms with Crippen LogP contribution in [0.3, 0.4) is 0 Å². The van der Waals surface area contributed by atoms with Crippen LogP contribution in [0, 0.1) is 0 Å².